The molecule has 4 aromatic rings. The zero-order valence-electron chi connectivity index (χ0n) is 24.0. The van der Waals surface area contributed by atoms with Crippen LogP contribution in [-0.2, 0) is 35.8 Å². The largest absolute Gasteiger partial charge is 0.497 e. The quantitative estimate of drug-likeness (QED) is 0.147. The monoisotopic (exact) mass is 573 g/mol. The maximum Gasteiger partial charge on any atom is 0.186 e. The zero-order chi connectivity index (χ0) is 28.3. The van der Waals surface area contributed by atoms with Crippen LogP contribution in [0.1, 0.15) is 35.2 Å². The molecule has 0 amide bonds. The number of nitrogens with zero attached hydrogens (tertiary/aromatic N) is 3. The van der Waals surface area contributed by atoms with Crippen LogP contribution in [0.3, 0.4) is 0 Å². The molecule has 216 valence electrons. The smallest absolute Gasteiger partial charge is 0.186 e. The van der Waals surface area contributed by atoms with E-state index in [1.807, 2.05) is 36.4 Å². The molecule has 1 fully saturated rings. The van der Waals surface area contributed by atoms with Crippen LogP contribution in [0.15, 0.2) is 78.2 Å². The van der Waals surface area contributed by atoms with Gasteiger partial charge in [0.05, 0.1) is 46.3 Å². The molecule has 1 saturated heterocycles. The molecule has 1 aromatic heterocycles. The average Bonchev–Trinajstić information content (AvgIpc) is 3.72. The summed E-state index contributed by atoms with van der Waals surface area (Å²) in [7, 11) is 3.37. The lowest BCUT2D eigenvalue weighted by Crippen LogP contribution is -2.22. The number of methoxy groups -OCH3 is 2. The summed E-state index contributed by atoms with van der Waals surface area (Å²) in [5, 5.41) is 3.06. The topological polar surface area (TPSA) is 56.3 Å². The molecule has 7 nitrogen and oxygen atoms in total. The lowest BCUT2D eigenvalue weighted by Gasteiger charge is -2.23. The summed E-state index contributed by atoms with van der Waals surface area (Å²) in [5.74, 6) is 1.69. The minimum absolute atomic E-state index is 0.455. The van der Waals surface area contributed by atoms with Crippen molar-refractivity contribution in [3.8, 4) is 11.5 Å². The van der Waals surface area contributed by atoms with Gasteiger partial charge in [0.1, 0.15) is 11.5 Å². The fourth-order valence-corrected chi connectivity index (χ4v) is 5.76. The van der Waals surface area contributed by atoms with Crippen molar-refractivity contribution in [3.63, 3.8) is 0 Å². The predicted molar refractivity (Wildman–Crippen MR) is 165 cm³/mol. The second kappa shape index (κ2) is 14.9. The van der Waals surface area contributed by atoms with Crippen molar-refractivity contribution in [3.05, 3.63) is 101 Å². The molecular formula is C33H39N3O4S. The number of ether oxygens (including phenoxy) is 4. The van der Waals surface area contributed by atoms with Crippen molar-refractivity contribution in [2.75, 3.05) is 50.3 Å². The van der Waals surface area contributed by atoms with Crippen LogP contribution in [0.4, 0.5) is 10.8 Å². The summed E-state index contributed by atoms with van der Waals surface area (Å²) in [6, 6.07) is 25.1. The Morgan fingerprint density at radius 3 is 2.10 bits per heavy atom. The van der Waals surface area contributed by atoms with E-state index < -0.39 is 0 Å². The van der Waals surface area contributed by atoms with Gasteiger partial charge in [0.25, 0.3) is 0 Å². The average molecular weight is 574 g/mol. The van der Waals surface area contributed by atoms with Gasteiger partial charge in [-0.3, -0.25) is 0 Å². The Morgan fingerprint density at radius 1 is 0.756 bits per heavy atom. The molecule has 2 heterocycles. The van der Waals surface area contributed by atoms with E-state index in [0.717, 1.165) is 54.1 Å². The van der Waals surface area contributed by atoms with Gasteiger partial charge in [0.15, 0.2) is 5.13 Å². The van der Waals surface area contributed by atoms with Crippen molar-refractivity contribution in [1.29, 1.82) is 0 Å². The Balaban J connectivity index is 1.17. The molecule has 0 spiro atoms. The number of rotatable bonds is 15. The molecule has 0 atom stereocenters. The number of hydrogen-bond donors (Lipinski definition) is 0. The summed E-state index contributed by atoms with van der Waals surface area (Å²) in [6.07, 6.45) is 2.56. The van der Waals surface area contributed by atoms with Gasteiger partial charge in [-0.05, 0) is 65.9 Å². The molecule has 41 heavy (non-hydrogen) atoms. The van der Waals surface area contributed by atoms with E-state index in [0.29, 0.717) is 26.4 Å². The fourth-order valence-electron chi connectivity index (χ4n) is 4.94. The molecule has 8 heteroatoms. The minimum atomic E-state index is 0.455. The van der Waals surface area contributed by atoms with E-state index >= 15 is 0 Å². The van der Waals surface area contributed by atoms with Gasteiger partial charge in [0, 0.05) is 37.2 Å². The molecule has 0 saturated carbocycles. The number of hydrogen-bond acceptors (Lipinski definition) is 8. The number of thiazole rings is 1. The molecule has 1 aliphatic heterocycles. The van der Waals surface area contributed by atoms with Crippen LogP contribution in [0.25, 0.3) is 0 Å². The van der Waals surface area contributed by atoms with Crippen molar-refractivity contribution in [2.24, 2.45) is 0 Å². The molecular weight excluding hydrogens is 534 g/mol. The summed E-state index contributed by atoms with van der Waals surface area (Å²) < 4.78 is 22.4. The highest BCUT2D eigenvalue weighted by Gasteiger charge is 2.16. The Bertz CT molecular complexity index is 1350. The number of anilines is 2. The maximum atomic E-state index is 5.88. The standard InChI is InChI=1S/C33H39N3O4S/c1-37-31-9-5-7-27(19-31)22-36(21-26-11-13-30(14-12-26)35-15-3-4-16-35)33-34-29(25-41-33)24-40-18-17-39-23-28-8-6-10-32(20-28)38-2/h5-14,19-20,25H,3-4,15-18,21-24H2,1-2H3. The molecule has 5 rings (SSSR count). The Morgan fingerprint density at radius 2 is 1.39 bits per heavy atom. The summed E-state index contributed by atoms with van der Waals surface area (Å²) >= 11 is 1.65. The fraction of sp³-hybridized carbons (Fsp3) is 0.364. The van der Waals surface area contributed by atoms with E-state index in [-0.39, 0.29) is 0 Å². The third-order valence-electron chi connectivity index (χ3n) is 7.12. The number of aromatic nitrogens is 1. The van der Waals surface area contributed by atoms with Crippen molar-refractivity contribution >= 4 is 22.2 Å². The zero-order valence-corrected chi connectivity index (χ0v) is 24.8. The molecule has 0 radical (unpaired) electrons. The van der Waals surface area contributed by atoms with Gasteiger partial charge in [-0.1, -0.05) is 36.4 Å². The lowest BCUT2D eigenvalue weighted by atomic mass is 10.1. The van der Waals surface area contributed by atoms with Crippen molar-refractivity contribution < 1.29 is 18.9 Å². The molecule has 0 bridgehead atoms. The van der Waals surface area contributed by atoms with Gasteiger partial charge >= 0.3 is 0 Å². The van der Waals surface area contributed by atoms with E-state index in [4.69, 9.17) is 23.9 Å². The van der Waals surface area contributed by atoms with E-state index in [1.54, 1.807) is 25.6 Å². The lowest BCUT2D eigenvalue weighted by molar-refractivity contribution is 0.0330. The predicted octanol–water partition coefficient (Wildman–Crippen LogP) is 6.70. The van der Waals surface area contributed by atoms with Crippen molar-refractivity contribution in [1.82, 2.24) is 4.98 Å². The second-order valence-electron chi connectivity index (χ2n) is 10.1. The molecule has 3 aromatic carbocycles. The molecule has 0 aliphatic carbocycles. The van der Waals surface area contributed by atoms with Crippen LogP contribution >= 0.6 is 11.3 Å². The highest BCUT2D eigenvalue weighted by atomic mass is 32.1. The molecule has 0 N–H and O–H groups in total. The van der Waals surface area contributed by atoms with Gasteiger partial charge < -0.3 is 28.7 Å². The SMILES string of the molecule is COc1cccc(COCCOCc2csc(N(Cc3ccc(N4CCCC4)cc3)Cc3cccc(OC)c3)n2)c1. The minimum Gasteiger partial charge on any atom is -0.497 e. The van der Waals surface area contributed by atoms with Crippen LogP contribution < -0.4 is 19.3 Å². The second-order valence-corrected chi connectivity index (χ2v) is 11.0. The van der Waals surface area contributed by atoms with Crippen LogP contribution in [-0.4, -0.2) is 45.5 Å². The van der Waals surface area contributed by atoms with Gasteiger partial charge in [0.2, 0.25) is 0 Å². The van der Waals surface area contributed by atoms with E-state index in [2.05, 4.69) is 51.6 Å². The Labute approximate surface area is 247 Å². The maximum absolute atomic E-state index is 5.88. The summed E-state index contributed by atoms with van der Waals surface area (Å²) in [4.78, 5) is 9.73. The van der Waals surface area contributed by atoms with Gasteiger partial charge in [-0.15, -0.1) is 11.3 Å². The van der Waals surface area contributed by atoms with Gasteiger partial charge in [-0.2, -0.15) is 0 Å². The highest BCUT2D eigenvalue weighted by Crippen LogP contribution is 2.27. The van der Waals surface area contributed by atoms with Crippen LogP contribution in [0.5, 0.6) is 11.5 Å². The Hall–Kier alpha value is -3.59. The van der Waals surface area contributed by atoms with E-state index in [9.17, 15) is 0 Å². The first-order chi connectivity index (χ1) is 20.2. The van der Waals surface area contributed by atoms with E-state index in [1.165, 1.54) is 29.7 Å². The summed E-state index contributed by atoms with van der Waals surface area (Å²) in [6.45, 7) is 5.81. The summed E-state index contributed by atoms with van der Waals surface area (Å²) in [5.41, 5.74) is 5.76. The highest BCUT2D eigenvalue weighted by molar-refractivity contribution is 7.13. The third-order valence-corrected chi connectivity index (χ3v) is 8.07. The van der Waals surface area contributed by atoms with Gasteiger partial charge in [-0.25, -0.2) is 4.98 Å². The first kappa shape index (κ1) is 28.9. The first-order valence-corrected chi connectivity index (χ1v) is 15.0. The third kappa shape index (κ3) is 8.45. The first-order valence-electron chi connectivity index (χ1n) is 14.1. The molecule has 1 aliphatic rings. The van der Waals surface area contributed by atoms with Crippen molar-refractivity contribution in [2.45, 2.75) is 39.1 Å². The number of benzene rings is 3. The van der Waals surface area contributed by atoms with Crippen LogP contribution in [0.2, 0.25) is 0 Å². The molecule has 0 unspecified atom stereocenters. The normalized spacial score (nSPS) is 13.0. The van der Waals surface area contributed by atoms with Crippen LogP contribution in [0, 0.1) is 0 Å². The Kier molecular flexibility index (Phi) is 10.5.